The second-order valence-corrected chi connectivity index (χ2v) is 9.19. The SMILES string of the molecule is CCOC(=O)CCc1cc(C#N)ccc1C(=O)NN1CC(=O)N(C2CCCCC2)c2ccccc2C1=O. The van der Waals surface area contributed by atoms with Crippen molar-refractivity contribution in [3.05, 3.63) is 64.7 Å². The van der Waals surface area contributed by atoms with Crippen LogP contribution in [0.5, 0.6) is 0 Å². The normalized spacial score (nSPS) is 16.0. The highest BCUT2D eigenvalue weighted by atomic mass is 16.5. The average Bonchev–Trinajstić information content (AvgIpc) is 3.01. The highest BCUT2D eigenvalue weighted by Gasteiger charge is 2.36. The Morgan fingerprint density at radius 1 is 1.11 bits per heavy atom. The fourth-order valence-electron chi connectivity index (χ4n) is 5.00. The van der Waals surface area contributed by atoms with Crippen LogP contribution in [0.1, 0.15) is 77.3 Å². The molecule has 3 amide bonds. The Kier molecular flexibility index (Phi) is 8.18. The molecular formula is C28H30N4O5. The molecule has 2 aliphatic rings. The summed E-state index contributed by atoms with van der Waals surface area (Å²) in [6, 6.07) is 13.6. The van der Waals surface area contributed by atoms with E-state index in [1.807, 2.05) is 6.07 Å². The number of nitriles is 1. The molecule has 1 aliphatic carbocycles. The van der Waals surface area contributed by atoms with E-state index in [1.165, 1.54) is 12.1 Å². The number of fused-ring (bicyclic) bond motifs is 1. The van der Waals surface area contributed by atoms with E-state index in [2.05, 4.69) is 5.43 Å². The first-order valence-corrected chi connectivity index (χ1v) is 12.7. The minimum Gasteiger partial charge on any atom is -0.466 e. The van der Waals surface area contributed by atoms with Gasteiger partial charge in [0.05, 0.1) is 29.5 Å². The summed E-state index contributed by atoms with van der Waals surface area (Å²) in [5.74, 6) is -1.75. The van der Waals surface area contributed by atoms with E-state index in [4.69, 9.17) is 4.74 Å². The van der Waals surface area contributed by atoms with Crippen molar-refractivity contribution >= 4 is 29.4 Å². The fourth-order valence-corrected chi connectivity index (χ4v) is 5.00. The lowest BCUT2D eigenvalue weighted by molar-refractivity contribution is -0.143. The van der Waals surface area contributed by atoms with Gasteiger partial charge >= 0.3 is 5.97 Å². The van der Waals surface area contributed by atoms with Crippen LogP contribution >= 0.6 is 0 Å². The third-order valence-corrected chi connectivity index (χ3v) is 6.76. The molecule has 0 radical (unpaired) electrons. The monoisotopic (exact) mass is 502 g/mol. The Hall–Kier alpha value is -4.19. The molecule has 2 aromatic carbocycles. The molecule has 0 bridgehead atoms. The summed E-state index contributed by atoms with van der Waals surface area (Å²) in [5.41, 5.74) is 4.55. The van der Waals surface area contributed by atoms with Crippen molar-refractivity contribution in [1.29, 1.82) is 5.26 Å². The number of carbonyl (C=O) groups excluding carboxylic acids is 4. The molecule has 9 heteroatoms. The predicted molar refractivity (Wildman–Crippen MR) is 135 cm³/mol. The summed E-state index contributed by atoms with van der Waals surface area (Å²) in [5, 5.41) is 10.4. The molecule has 1 aliphatic heterocycles. The quantitative estimate of drug-likeness (QED) is 0.579. The molecule has 0 saturated heterocycles. The molecule has 1 saturated carbocycles. The van der Waals surface area contributed by atoms with Crippen LogP contribution in [-0.4, -0.2) is 47.9 Å². The van der Waals surface area contributed by atoms with E-state index >= 15 is 0 Å². The second kappa shape index (κ2) is 11.7. The van der Waals surface area contributed by atoms with Crippen molar-refractivity contribution in [3.63, 3.8) is 0 Å². The van der Waals surface area contributed by atoms with Gasteiger partial charge in [0, 0.05) is 18.0 Å². The van der Waals surface area contributed by atoms with Crippen molar-refractivity contribution in [2.24, 2.45) is 0 Å². The molecule has 0 unspecified atom stereocenters. The summed E-state index contributed by atoms with van der Waals surface area (Å²) in [4.78, 5) is 53.9. The number of benzene rings is 2. The van der Waals surface area contributed by atoms with Crippen LogP contribution < -0.4 is 10.3 Å². The van der Waals surface area contributed by atoms with Crippen molar-refractivity contribution in [2.75, 3.05) is 18.1 Å². The lowest BCUT2D eigenvalue weighted by Crippen LogP contribution is -2.51. The second-order valence-electron chi connectivity index (χ2n) is 9.19. The average molecular weight is 503 g/mol. The van der Waals surface area contributed by atoms with Crippen LogP contribution in [0.2, 0.25) is 0 Å². The minimum absolute atomic E-state index is 0.0128. The zero-order valence-corrected chi connectivity index (χ0v) is 20.9. The van der Waals surface area contributed by atoms with Gasteiger partial charge in [0.15, 0.2) is 0 Å². The number of hydrogen-bond acceptors (Lipinski definition) is 6. The molecule has 1 heterocycles. The number of aryl methyl sites for hydroxylation is 1. The number of amides is 3. The van der Waals surface area contributed by atoms with Crippen LogP contribution in [0.4, 0.5) is 5.69 Å². The van der Waals surface area contributed by atoms with Gasteiger partial charge < -0.3 is 9.64 Å². The highest BCUT2D eigenvalue weighted by molar-refractivity contribution is 6.10. The molecule has 2 aromatic rings. The summed E-state index contributed by atoms with van der Waals surface area (Å²) in [6.45, 7) is 1.65. The third-order valence-electron chi connectivity index (χ3n) is 6.76. The number of nitrogens with zero attached hydrogens (tertiary/aromatic N) is 3. The number of rotatable bonds is 7. The maximum Gasteiger partial charge on any atom is 0.306 e. The molecule has 0 spiro atoms. The lowest BCUT2D eigenvalue weighted by atomic mass is 9.93. The summed E-state index contributed by atoms with van der Waals surface area (Å²) in [6.07, 6.45) is 5.14. The predicted octanol–water partition coefficient (Wildman–Crippen LogP) is 3.52. The first-order chi connectivity index (χ1) is 17.9. The standard InChI is InChI=1S/C28H30N4O5/c1-2-37-26(34)15-13-20-16-19(17-29)12-14-22(20)27(35)30-31-18-25(33)32(21-8-4-3-5-9-21)24-11-7-6-10-23(24)28(31)36/h6-7,10-12,14,16,21H,2-5,8-9,13,15,18H2,1H3,(H,30,35). The Balaban J connectivity index is 1.60. The van der Waals surface area contributed by atoms with Gasteiger partial charge in [-0.1, -0.05) is 31.4 Å². The van der Waals surface area contributed by atoms with E-state index < -0.39 is 17.8 Å². The van der Waals surface area contributed by atoms with Gasteiger partial charge in [-0.15, -0.1) is 0 Å². The first-order valence-electron chi connectivity index (χ1n) is 12.7. The Labute approximate surface area is 216 Å². The van der Waals surface area contributed by atoms with Crippen molar-refractivity contribution < 1.29 is 23.9 Å². The number of ether oxygens (including phenoxy) is 1. The van der Waals surface area contributed by atoms with E-state index in [9.17, 15) is 24.4 Å². The maximum absolute atomic E-state index is 13.5. The molecule has 1 fully saturated rings. The maximum atomic E-state index is 13.5. The summed E-state index contributed by atoms with van der Waals surface area (Å²) in [7, 11) is 0. The van der Waals surface area contributed by atoms with Gasteiger partial charge in [0.25, 0.3) is 11.8 Å². The van der Waals surface area contributed by atoms with Crippen molar-refractivity contribution in [2.45, 2.75) is 57.9 Å². The van der Waals surface area contributed by atoms with E-state index in [-0.39, 0.29) is 43.5 Å². The zero-order chi connectivity index (χ0) is 26.4. The number of esters is 1. The zero-order valence-electron chi connectivity index (χ0n) is 20.9. The van der Waals surface area contributed by atoms with Gasteiger partial charge in [0.2, 0.25) is 5.91 Å². The highest BCUT2D eigenvalue weighted by Crippen LogP contribution is 2.32. The topological polar surface area (TPSA) is 120 Å². The first kappa shape index (κ1) is 25.9. The Morgan fingerprint density at radius 3 is 2.59 bits per heavy atom. The molecule has 4 rings (SSSR count). The number of anilines is 1. The number of para-hydroxylation sites is 1. The van der Waals surface area contributed by atoms with Crippen LogP contribution in [0.3, 0.4) is 0 Å². The molecule has 1 N–H and O–H groups in total. The van der Waals surface area contributed by atoms with Crippen molar-refractivity contribution in [1.82, 2.24) is 10.4 Å². The minimum atomic E-state index is -0.604. The number of carbonyl (C=O) groups is 4. The van der Waals surface area contributed by atoms with E-state index in [0.717, 1.165) is 37.1 Å². The molecule has 0 atom stereocenters. The smallest absolute Gasteiger partial charge is 0.306 e. The molecular weight excluding hydrogens is 472 g/mol. The Bertz CT molecular complexity index is 1250. The van der Waals surface area contributed by atoms with Crippen LogP contribution in [0, 0.1) is 11.3 Å². The van der Waals surface area contributed by atoms with Gasteiger partial charge in [-0.3, -0.25) is 24.6 Å². The molecule has 9 nitrogen and oxygen atoms in total. The van der Waals surface area contributed by atoms with Crippen LogP contribution in [-0.2, 0) is 20.7 Å². The number of nitrogens with one attached hydrogen (secondary N) is 1. The molecule has 0 aromatic heterocycles. The molecule has 192 valence electrons. The Morgan fingerprint density at radius 2 is 1.86 bits per heavy atom. The fraction of sp³-hybridized carbons (Fsp3) is 0.393. The van der Waals surface area contributed by atoms with E-state index in [1.54, 1.807) is 42.2 Å². The summed E-state index contributed by atoms with van der Waals surface area (Å²) >= 11 is 0. The van der Waals surface area contributed by atoms with E-state index in [0.29, 0.717) is 22.4 Å². The third kappa shape index (κ3) is 5.80. The van der Waals surface area contributed by atoms with Crippen LogP contribution in [0.25, 0.3) is 0 Å². The lowest BCUT2D eigenvalue weighted by Gasteiger charge is -2.34. The van der Waals surface area contributed by atoms with Gasteiger partial charge in [0.1, 0.15) is 6.54 Å². The van der Waals surface area contributed by atoms with Gasteiger partial charge in [-0.25, -0.2) is 5.01 Å². The summed E-state index contributed by atoms with van der Waals surface area (Å²) < 4.78 is 4.98. The van der Waals surface area contributed by atoms with Crippen molar-refractivity contribution in [3.8, 4) is 6.07 Å². The molecule has 37 heavy (non-hydrogen) atoms. The van der Waals surface area contributed by atoms with Crippen LogP contribution in [0.15, 0.2) is 42.5 Å². The van der Waals surface area contributed by atoms with Gasteiger partial charge in [-0.05, 0) is 62.1 Å². The number of hydrogen-bond donors (Lipinski definition) is 1. The number of hydrazine groups is 1. The largest absolute Gasteiger partial charge is 0.466 e. The van der Waals surface area contributed by atoms with Gasteiger partial charge in [-0.2, -0.15) is 5.26 Å².